The molecular formula is C35H35N5O6. The molecule has 4 aromatic rings. The van der Waals surface area contributed by atoms with E-state index in [-0.39, 0.29) is 31.4 Å². The lowest BCUT2D eigenvalue weighted by Gasteiger charge is -2.31. The smallest absolute Gasteiger partial charge is 0.252 e. The van der Waals surface area contributed by atoms with Gasteiger partial charge in [0.2, 0.25) is 5.90 Å². The number of nitrogens with one attached hydrogen (secondary N) is 1. The van der Waals surface area contributed by atoms with Crippen molar-refractivity contribution < 1.29 is 28.8 Å². The summed E-state index contributed by atoms with van der Waals surface area (Å²) in [4.78, 5) is 22.7. The molecule has 0 fully saturated rings. The molecule has 4 aromatic carbocycles. The molecule has 0 bridgehead atoms. The van der Waals surface area contributed by atoms with Crippen LogP contribution in [0.1, 0.15) is 34.8 Å². The van der Waals surface area contributed by atoms with Crippen LogP contribution in [0.15, 0.2) is 107 Å². The quantitative estimate of drug-likeness (QED) is 0.0739. The first kappa shape index (κ1) is 31.9. The van der Waals surface area contributed by atoms with Crippen LogP contribution in [0.25, 0.3) is 10.4 Å². The second-order valence-corrected chi connectivity index (χ2v) is 10.6. The van der Waals surface area contributed by atoms with Gasteiger partial charge in [-0.2, -0.15) is 0 Å². The number of methoxy groups -OCH3 is 2. The minimum absolute atomic E-state index is 0.0400. The van der Waals surface area contributed by atoms with Crippen LogP contribution in [0, 0.1) is 0 Å². The van der Waals surface area contributed by atoms with Gasteiger partial charge >= 0.3 is 0 Å². The minimum atomic E-state index is -1.49. The van der Waals surface area contributed by atoms with Crippen LogP contribution < -0.4 is 19.5 Å². The van der Waals surface area contributed by atoms with E-state index in [0.29, 0.717) is 47.1 Å². The molecule has 1 heterocycles. The van der Waals surface area contributed by atoms with Gasteiger partial charge in [0.25, 0.3) is 5.91 Å². The topological polar surface area (TPSA) is 147 Å². The zero-order chi connectivity index (χ0) is 32.4. The van der Waals surface area contributed by atoms with E-state index < -0.39 is 11.6 Å². The highest BCUT2D eigenvalue weighted by atomic mass is 16.5. The molecule has 0 aliphatic carbocycles. The minimum Gasteiger partial charge on any atom is -0.497 e. The number of rotatable bonds is 14. The van der Waals surface area contributed by atoms with Crippen LogP contribution in [-0.2, 0) is 22.5 Å². The number of carbonyl (C=O) groups excluding carboxylic acids is 1. The van der Waals surface area contributed by atoms with Gasteiger partial charge in [0.1, 0.15) is 17.2 Å². The summed E-state index contributed by atoms with van der Waals surface area (Å²) in [5.41, 5.74) is 11.0. The summed E-state index contributed by atoms with van der Waals surface area (Å²) < 4.78 is 23.1. The van der Waals surface area contributed by atoms with Crippen LogP contribution in [-0.4, -0.2) is 49.9 Å². The first-order chi connectivity index (χ1) is 22.5. The second-order valence-electron chi connectivity index (χ2n) is 10.6. The van der Waals surface area contributed by atoms with E-state index in [9.17, 15) is 10.3 Å². The summed E-state index contributed by atoms with van der Waals surface area (Å²) in [5.74, 6) is 1.70. The van der Waals surface area contributed by atoms with Gasteiger partial charge in [-0.1, -0.05) is 59.7 Å². The van der Waals surface area contributed by atoms with Gasteiger partial charge in [0.15, 0.2) is 11.6 Å². The molecular weight excluding hydrogens is 586 g/mol. The van der Waals surface area contributed by atoms with Gasteiger partial charge in [0, 0.05) is 53.8 Å². The van der Waals surface area contributed by atoms with Crippen molar-refractivity contribution in [2.24, 2.45) is 10.1 Å². The van der Waals surface area contributed by atoms with E-state index in [1.807, 2.05) is 54.6 Å². The maximum absolute atomic E-state index is 14.6. The highest BCUT2D eigenvalue weighted by molar-refractivity contribution is 6.01. The number of ether oxygens (including phenoxy) is 4. The summed E-state index contributed by atoms with van der Waals surface area (Å²) >= 11 is 0. The molecule has 5 rings (SSSR count). The Morgan fingerprint density at radius 3 is 2.33 bits per heavy atom. The van der Waals surface area contributed by atoms with E-state index in [2.05, 4.69) is 15.3 Å². The van der Waals surface area contributed by atoms with Crippen molar-refractivity contribution in [1.29, 1.82) is 0 Å². The molecule has 0 unspecified atom stereocenters. The van der Waals surface area contributed by atoms with E-state index >= 15 is 0 Å². The molecule has 0 saturated carbocycles. The van der Waals surface area contributed by atoms with Crippen molar-refractivity contribution >= 4 is 17.5 Å². The normalized spacial score (nSPS) is 16.8. The van der Waals surface area contributed by atoms with Gasteiger partial charge in [-0.3, -0.25) is 4.79 Å². The molecule has 0 radical (unpaired) electrons. The number of aliphatic hydroxyl groups is 1. The standard InChI is InChI=1S/C35H35N5O6/c1-43-28-19-25(20-29(21-28)44-2)23-37-34(42)35(22-24-9-4-3-5-10-24)32(30-11-6-7-12-31(30)39-40-36)46-33(38-35)26-13-15-27(16-14-26)45-18-8-17-41/h3-7,9-16,19-21,32,41H,8,17-18,22-23H2,1-2H3,(H,37,42)/t32-,35-/m1/s1. The van der Waals surface area contributed by atoms with Crippen LogP contribution in [0.3, 0.4) is 0 Å². The molecule has 2 N–H and O–H groups in total. The number of carbonyl (C=O) groups is 1. The number of amides is 1. The maximum atomic E-state index is 14.6. The molecule has 0 spiro atoms. The third kappa shape index (κ3) is 7.23. The van der Waals surface area contributed by atoms with E-state index in [1.165, 1.54) is 0 Å². The predicted molar refractivity (Wildman–Crippen MR) is 174 cm³/mol. The van der Waals surface area contributed by atoms with Crippen LogP contribution in [0.2, 0.25) is 0 Å². The lowest BCUT2D eigenvalue weighted by atomic mass is 9.81. The zero-order valence-electron chi connectivity index (χ0n) is 25.6. The van der Waals surface area contributed by atoms with Crippen molar-refractivity contribution in [1.82, 2.24) is 5.32 Å². The summed E-state index contributed by atoms with van der Waals surface area (Å²) in [7, 11) is 3.13. The molecule has 11 heteroatoms. The Morgan fingerprint density at radius 2 is 1.65 bits per heavy atom. The van der Waals surface area contributed by atoms with Crippen LogP contribution >= 0.6 is 0 Å². The number of benzene rings is 4. The summed E-state index contributed by atoms with van der Waals surface area (Å²) in [5, 5.41) is 16.1. The highest BCUT2D eigenvalue weighted by Crippen LogP contribution is 2.45. The SMILES string of the molecule is COc1cc(CNC(=O)[C@]2(Cc3ccccc3)N=C(c3ccc(OCCCO)cc3)O[C@@H]2c2ccccc2N=[N+]=[N-])cc(OC)c1. The molecule has 236 valence electrons. The van der Waals surface area contributed by atoms with Gasteiger partial charge in [0.05, 0.1) is 20.8 Å². The van der Waals surface area contributed by atoms with E-state index in [4.69, 9.17) is 29.0 Å². The molecule has 1 amide bonds. The average Bonchev–Trinajstić information content (AvgIpc) is 3.48. The molecule has 46 heavy (non-hydrogen) atoms. The first-order valence-electron chi connectivity index (χ1n) is 14.8. The Bertz CT molecular complexity index is 1700. The number of hydrogen-bond donors (Lipinski definition) is 2. The summed E-state index contributed by atoms with van der Waals surface area (Å²) in [6, 6.07) is 29.2. The number of aliphatic hydroxyl groups excluding tert-OH is 1. The van der Waals surface area contributed by atoms with Gasteiger partial charge in [-0.15, -0.1) is 0 Å². The fourth-order valence-corrected chi connectivity index (χ4v) is 5.32. The van der Waals surface area contributed by atoms with Crippen molar-refractivity contribution in [2.75, 3.05) is 27.4 Å². The van der Waals surface area contributed by atoms with Crippen molar-refractivity contribution in [2.45, 2.75) is 31.0 Å². The van der Waals surface area contributed by atoms with Crippen molar-refractivity contribution in [3.63, 3.8) is 0 Å². The summed E-state index contributed by atoms with van der Waals surface area (Å²) in [6.07, 6.45) is -0.226. The van der Waals surface area contributed by atoms with Crippen LogP contribution in [0.4, 0.5) is 5.69 Å². The Kier molecular flexibility index (Phi) is 10.4. The lowest BCUT2D eigenvalue weighted by molar-refractivity contribution is -0.129. The monoisotopic (exact) mass is 621 g/mol. The van der Waals surface area contributed by atoms with Gasteiger partial charge < -0.3 is 29.4 Å². The number of hydrogen-bond acceptors (Lipinski definition) is 8. The van der Waals surface area contributed by atoms with Gasteiger partial charge in [-0.05, 0) is 53.1 Å². The number of nitrogens with zero attached hydrogens (tertiary/aromatic N) is 4. The Balaban J connectivity index is 1.59. The number of aliphatic imine (C=N–C) groups is 1. The Morgan fingerprint density at radius 1 is 0.957 bits per heavy atom. The average molecular weight is 622 g/mol. The van der Waals surface area contributed by atoms with E-state index in [0.717, 1.165) is 11.1 Å². The highest BCUT2D eigenvalue weighted by Gasteiger charge is 2.53. The number of azide groups is 1. The second kappa shape index (κ2) is 15.0. The Labute approximate surface area is 267 Å². The van der Waals surface area contributed by atoms with Crippen molar-refractivity contribution in [3.05, 3.63) is 130 Å². The Hall–Kier alpha value is -5.51. The predicted octanol–water partition coefficient (Wildman–Crippen LogP) is 6.22. The fraction of sp³-hybridized carbons (Fsp3) is 0.257. The zero-order valence-corrected chi connectivity index (χ0v) is 25.6. The molecule has 1 aliphatic rings. The third-order valence-corrected chi connectivity index (χ3v) is 7.58. The molecule has 2 atom stereocenters. The van der Waals surface area contributed by atoms with E-state index in [1.54, 1.807) is 56.7 Å². The summed E-state index contributed by atoms with van der Waals surface area (Å²) in [6.45, 7) is 0.585. The molecule has 11 nitrogen and oxygen atoms in total. The maximum Gasteiger partial charge on any atom is 0.252 e. The molecule has 1 aliphatic heterocycles. The molecule has 0 aromatic heterocycles. The lowest BCUT2D eigenvalue weighted by Crippen LogP contribution is -2.49. The molecule has 0 saturated heterocycles. The third-order valence-electron chi connectivity index (χ3n) is 7.58. The first-order valence-corrected chi connectivity index (χ1v) is 14.8. The van der Waals surface area contributed by atoms with Crippen LogP contribution in [0.5, 0.6) is 17.2 Å². The fourth-order valence-electron chi connectivity index (χ4n) is 5.32. The van der Waals surface area contributed by atoms with Crippen molar-refractivity contribution in [3.8, 4) is 17.2 Å². The van der Waals surface area contributed by atoms with Gasteiger partial charge in [-0.25, -0.2) is 4.99 Å². The largest absolute Gasteiger partial charge is 0.497 e.